The molecule has 5 nitrogen and oxygen atoms in total. The van der Waals surface area contributed by atoms with Crippen LogP contribution in [0.3, 0.4) is 0 Å². The molecule has 0 bridgehead atoms. The van der Waals surface area contributed by atoms with Gasteiger partial charge in [-0.2, -0.15) is 0 Å². The Balaban J connectivity index is 1.81. The number of nitrogens with zero attached hydrogens (tertiary/aromatic N) is 1. The number of hydrogen-bond donors (Lipinski definition) is 2. The molecule has 106 valence electrons. The third kappa shape index (κ3) is 2.41. The molecule has 2 heterocycles. The molecule has 0 aliphatic carbocycles. The van der Waals surface area contributed by atoms with E-state index in [4.69, 9.17) is 0 Å². The van der Waals surface area contributed by atoms with E-state index in [1.165, 1.54) is 0 Å². The average molecular weight is 273 g/mol. The summed E-state index contributed by atoms with van der Waals surface area (Å²) in [6, 6.07) is 6.09. The first-order valence-electron chi connectivity index (χ1n) is 7.01. The molecule has 0 radical (unpaired) electrons. The second kappa shape index (κ2) is 4.90. The molecular formula is C15H19N3O2. The highest BCUT2D eigenvalue weighted by atomic mass is 16.2. The maximum absolute atomic E-state index is 12.6. The molecule has 2 atom stereocenters. The summed E-state index contributed by atoms with van der Waals surface area (Å²) < 4.78 is 0. The number of rotatable bonds is 1. The number of piperazine rings is 1. The fourth-order valence-electron chi connectivity index (χ4n) is 3.02. The first-order valence-corrected chi connectivity index (χ1v) is 7.01. The number of fused-ring (bicyclic) bond motifs is 1. The van der Waals surface area contributed by atoms with Crippen molar-refractivity contribution in [2.24, 2.45) is 0 Å². The van der Waals surface area contributed by atoms with Crippen molar-refractivity contribution in [3.63, 3.8) is 0 Å². The molecule has 1 fully saturated rings. The minimum atomic E-state index is -0.00554. The highest BCUT2D eigenvalue weighted by molar-refractivity contribution is 6.02. The van der Waals surface area contributed by atoms with E-state index in [1.807, 2.05) is 17.0 Å². The summed E-state index contributed by atoms with van der Waals surface area (Å²) in [5.41, 5.74) is 2.39. The lowest BCUT2D eigenvalue weighted by atomic mass is 10.1. The zero-order valence-corrected chi connectivity index (χ0v) is 11.8. The minimum absolute atomic E-state index is 0.00554. The Kier molecular flexibility index (Phi) is 3.22. The fraction of sp³-hybridized carbons (Fsp3) is 0.467. The van der Waals surface area contributed by atoms with Crippen LogP contribution in [0.2, 0.25) is 0 Å². The number of carbonyl (C=O) groups is 2. The van der Waals surface area contributed by atoms with Crippen LogP contribution in [-0.4, -0.2) is 41.9 Å². The standard InChI is InChI=1S/C15H19N3O2/c1-9-7-18(8-10(2)16-9)15(20)12-4-3-11-6-14(19)17-13(11)5-12/h3-5,9-10,16H,6-8H2,1-2H3,(H,17,19). The fourth-order valence-corrected chi connectivity index (χ4v) is 3.02. The summed E-state index contributed by atoms with van der Waals surface area (Å²) in [5, 5.41) is 6.20. The van der Waals surface area contributed by atoms with Gasteiger partial charge in [-0.3, -0.25) is 9.59 Å². The smallest absolute Gasteiger partial charge is 0.254 e. The van der Waals surface area contributed by atoms with Crippen molar-refractivity contribution >= 4 is 17.5 Å². The van der Waals surface area contributed by atoms with Gasteiger partial charge in [-0.05, 0) is 31.5 Å². The highest BCUT2D eigenvalue weighted by Crippen LogP contribution is 2.25. The zero-order chi connectivity index (χ0) is 14.3. The molecule has 5 heteroatoms. The second-order valence-corrected chi connectivity index (χ2v) is 5.78. The number of amides is 2. The highest BCUT2D eigenvalue weighted by Gasteiger charge is 2.26. The van der Waals surface area contributed by atoms with Gasteiger partial charge < -0.3 is 15.5 Å². The van der Waals surface area contributed by atoms with E-state index in [-0.39, 0.29) is 11.8 Å². The molecule has 2 unspecified atom stereocenters. The van der Waals surface area contributed by atoms with Crippen LogP contribution in [0.15, 0.2) is 18.2 Å². The van der Waals surface area contributed by atoms with Gasteiger partial charge in [0.05, 0.1) is 6.42 Å². The molecule has 2 aliphatic heterocycles. The third-order valence-corrected chi connectivity index (χ3v) is 3.83. The van der Waals surface area contributed by atoms with Crippen LogP contribution >= 0.6 is 0 Å². The van der Waals surface area contributed by atoms with Gasteiger partial charge in [0.2, 0.25) is 5.91 Å². The van der Waals surface area contributed by atoms with E-state index >= 15 is 0 Å². The summed E-state index contributed by atoms with van der Waals surface area (Å²) >= 11 is 0. The van der Waals surface area contributed by atoms with Crippen molar-refractivity contribution in [1.82, 2.24) is 10.2 Å². The van der Waals surface area contributed by atoms with Gasteiger partial charge in [0.25, 0.3) is 5.91 Å². The monoisotopic (exact) mass is 273 g/mol. The van der Waals surface area contributed by atoms with Gasteiger partial charge in [0, 0.05) is 36.4 Å². The quantitative estimate of drug-likeness (QED) is 0.802. The summed E-state index contributed by atoms with van der Waals surface area (Å²) in [7, 11) is 0. The van der Waals surface area contributed by atoms with Crippen LogP contribution in [0.5, 0.6) is 0 Å². The first kappa shape index (κ1) is 13.1. The molecule has 0 spiro atoms. The van der Waals surface area contributed by atoms with Gasteiger partial charge >= 0.3 is 0 Å². The van der Waals surface area contributed by atoms with Crippen LogP contribution in [-0.2, 0) is 11.2 Å². The van der Waals surface area contributed by atoms with Gasteiger partial charge in [0.1, 0.15) is 0 Å². The topological polar surface area (TPSA) is 61.4 Å². The van der Waals surface area contributed by atoms with Gasteiger partial charge in [-0.1, -0.05) is 6.07 Å². The van der Waals surface area contributed by atoms with Gasteiger partial charge in [-0.15, -0.1) is 0 Å². The Bertz CT molecular complexity index is 560. The average Bonchev–Trinajstić information content (AvgIpc) is 2.75. The van der Waals surface area contributed by atoms with E-state index in [0.29, 0.717) is 37.2 Å². The Morgan fingerprint density at radius 2 is 1.95 bits per heavy atom. The number of anilines is 1. The van der Waals surface area contributed by atoms with Crippen molar-refractivity contribution in [2.75, 3.05) is 18.4 Å². The van der Waals surface area contributed by atoms with Crippen molar-refractivity contribution < 1.29 is 9.59 Å². The lowest BCUT2D eigenvalue weighted by Crippen LogP contribution is -2.55. The lowest BCUT2D eigenvalue weighted by Gasteiger charge is -2.36. The number of hydrogen-bond acceptors (Lipinski definition) is 3. The summed E-state index contributed by atoms with van der Waals surface area (Å²) in [5.74, 6) is 0.0307. The Morgan fingerprint density at radius 1 is 1.25 bits per heavy atom. The summed E-state index contributed by atoms with van der Waals surface area (Å²) in [6.45, 7) is 5.59. The molecule has 0 saturated carbocycles. The molecular weight excluding hydrogens is 254 g/mol. The predicted octanol–water partition coefficient (Wildman–Crippen LogP) is 1.00. The van der Waals surface area contributed by atoms with Crippen LogP contribution in [0, 0.1) is 0 Å². The van der Waals surface area contributed by atoms with E-state index in [9.17, 15) is 9.59 Å². The Labute approximate surface area is 118 Å². The van der Waals surface area contributed by atoms with Crippen LogP contribution in [0.25, 0.3) is 0 Å². The van der Waals surface area contributed by atoms with E-state index in [1.54, 1.807) is 6.07 Å². The largest absolute Gasteiger partial charge is 0.336 e. The van der Waals surface area contributed by atoms with Crippen LogP contribution in [0.1, 0.15) is 29.8 Å². The van der Waals surface area contributed by atoms with Crippen molar-refractivity contribution in [3.05, 3.63) is 29.3 Å². The van der Waals surface area contributed by atoms with Crippen molar-refractivity contribution in [2.45, 2.75) is 32.4 Å². The van der Waals surface area contributed by atoms with E-state index in [2.05, 4.69) is 24.5 Å². The zero-order valence-electron chi connectivity index (χ0n) is 11.8. The number of carbonyl (C=O) groups excluding carboxylic acids is 2. The van der Waals surface area contributed by atoms with Crippen molar-refractivity contribution in [3.8, 4) is 0 Å². The molecule has 2 amide bonds. The second-order valence-electron chi connectivity index (χ2n) is 5.78. The molecule has 1 aromatic rings. The maximum atomic E-state index is 12.6. The van der Waals surface area contributed by atoms with Crippen LogP contribution in [0.4, 0.5) is 5.69 Å². The molecule has 20 heavy (non-hydrogen) atoms. The molecule has 0 aromatic heterocycles. The van der Waals surface area contributed by atoms with E-state index < -0.39 is 0 Å². The number of benzene rings is 1. The van der Waals surface area contributed by atoms with Crippen molar-refractivity contribution in [1.29, 1.82) is 0 Å². The SMILES string of the molecule is CC1CN(C(=O)c2ccc3c(c2)NC(=O)C3)CC(C)N1. The third-order valence-electron chi connectivity index (χ3n) is 3.83. The summed E-state index contributed by atoms with van der Waals surface area (Å²) in [4.78, 5) is 25.8. The molecule has 1 aromatic carbocycles. The molecule has 2 N–H and O–H groups in total. The van der Waals surface area contributed by atoms with Gasteiger partial charge in [0.15, 0.2) is 0 Å². The number of nitrogens with one attached hydrogen (secondary N) is 2. The summed E-state index contributed by atoms with van der Waals surface area (Å²) in [6.07, 6.45) is 0.408. The van der Waals surface area contributed by atoms with Crippen LogP contribution < -0.4 is 10.6 Å². The normalized spacial score (nSPS) is 25.3. The molecule has 1 saturated heterocycles. The Hall–Kier alpha value is -1.88. The Morgan fingerprint density at radius 3 is 2.65 bits per heavy atom. The minimum Gasteiger partial charge on any atom is -0.336 e. The first-order chi connectivity index (χ1) is 9.52. The van der Waals surface area contributed by atoms with E-state index in [0.717, 1.165) is 11.3 Å². The molecule has 2 aliphatic rings. The van der Waals surface area contributed by atoms with Gasteiger partial charge in [-0.25, -0.2) is 0 Å². The maximum Gasteiger partial charge on any atom is 0.254 e. The molecule has 3 rings (SSSR count). The lowest BCUT2D eigenvalue weighted by molar-refractivity contribution is -0.115. The predicted molar refractivity (Wildman–Crippen MR) is 76.7 cm³/mol.